The molecule has 16 heavy (non-hydrogen) atoms. The van der Waals surface area contributed by atoms with Crippen molar-refractivity contribution in [3.05, 3.63) is 20.8 Å². The summed E-state index contributed by atoms with van der Waals surface area (Å²) in [6, 6.07) is 2.14. The summed E-state index contributed by atoms with van der Waals surface area (Å²) >= 11 is 5.18. The first-order valence-electron chi connectivity index (χ1n) is 5.15. The molecule has 0 aromatic carbocycles. The average molecular weight is 307 g/mol. The molecule has 3 nitrogen and oxygen atoms in total. The van der Waals surface area contributed by atoms with E-state index < -0.39 is 0 Å². The second kappa shape index (κ2) is 6.12. The third kappa shape index (κ3) is 3.53. The summed E-state index contributed by atoms with van der Waals surface area (Å²) in [5.74, 6) is 0. The van der Waals surface area contributed by atoms with Crippen molar-refractivity contribution in [1.82, 2.24) is 4.90 Å². The molecule has 0 aliphatic carbocycles. The van der Waals surface area contributed by atoms with Gasteiger partial charge in [-0.15, -0.1) is 11.3 Å². The summed E-state index contributed by atoms with van der Waals surface area (Å²) in [4.78, 5) is 2.24. The summed E-state index contributed by atoms with van der Waals surface area (Å²) in [6.45, 7) is 4.24. The highest BCUT2D eigenvalue weighted by molar-refractivity contribution is 9.11. The molecule has 0 bridgehead atoms. The van der Waals surface area contributed by atoms with Gasteiger partial charge in [0.15, 0.2) is 0 Å². The van der Waals surface area contributed by atoms with E-state index in [9.17, 15) is 0 Å². The predicted octanol–water partition coefficient (Wildman–Crippen LogP) is 2.31. The van der Waals surface area contributed by atoms with Crippen molar-refractivity contribution >= 4 is 27.3 Å². The van der Waals surface area contributed by atoms with Crippen LogP contribution >= 0.6 is 27.3 Å². The van der Waals surface area contributed by atoms with Crippen LogP contribution in [-0.4, -0.2) is 37.7 Å². The van der Waals surface area contributed by atoms with Crippen LogP contribution in [0.15, 0.2) is 15.2 Å². The van der Waals surface area contributed by atoms with Gasteiger partial charge in [0.1, 0.15) is 0 Å². The highest BCUT2D eigenvalue weighted by Gasteiger charge is 2.27. The number of hydrogen-bond acceptors (Lipinski definition) is 4. The lowest BCUT2D eigenvalue weighted by Crippen LogP contribution is -2.52. The number of thiophene rings is 1. The van der Waals surface area contributed by atoms with Crippen molar-refractivity contribution in [2.75, 3.05) is 27.3 Å². The molecule has 1 heterocycles. The molecule has 1 rings (SSSR count). The highest BCUT2D eigenvalue weighted by atomic mass is 79.9. The number of likely N-dealkylation sites (N-methyl/N-ethyl adjacent to an activating group) is 1. The Morgan fingerprint density at radius 2 is 2.31 bits per heavy atom. The number of ether oxygens (including phenoxy) is 1. The van der Waals surface area contributed by atoms with Crippen molar-refractivity contribution in [3.63, 3.8) is 0 Å². The predicted molar refractivity (Wildman–Crippen MR) is 72.8 cm³/mol. The van der Waals surface area contributed by atoms with Crippen LogP contribution in [0.3, 0.4) is 0 Å². The maximum atomic E-state index is 5.82. The van der Waals surface area contributed by atoms with E-state index in [0.717, 1.165) is 10.3 Å². The Morgan fingerprint density at radius 3 is 2.75 bits per heavy atom. The van der Waals surface area contributed by atoms with Gasteiger partial charge in [0, 0.05) is 20.2 Å². The zero-order chi connectivity index (χ0) is 12.2. The van der Waals surface area contributed by atoms with Crippen molar-refractivity contribution in [3.8, 4) is 0 Å². The van der Waals surface area contributed by atoms with E-state index >= 15 is 0 Å². The van der Waals surface area contributed by atoms with E-state index in [-0.39, 0.29) is 5.54 Å². The first kappa shape index (κ1) is 14.1. The Labute approximate surface area is 110 Å². The Balaban J connectivity index is 2.65. The van der Waals surface area contributed by atoms with Gasteiger partial charge in [0.25, 0.3) is 0 Å². The lowest BCUT2D eigenvalue weighted by Gasteiger charge is -2.37. The highest BCUT2D eigenvalue weighted by Crippen LogP contribution is 2.23. The first-order valence-corrected chi connectivity index (χ1v) is 6.82. The molecule has 0 aliphatic rings. The molecule has 1 atom stereocenters. The lowest BCUT2D eigenvalue weighted by molar-refractivity contribution is 0.0391. The molecule has 5 heteroatoms. The summed E-state index contributed by atoms with van der Waals surface area (Å²) < 4.78 is 6.40. The molecule has 0 aliphatic heterocycles. The Morgan fingerprint density at radius 1 is 1.62 bits per heavy atom. The van der Waals surface area contributed by atoms with Crippen LogP contribution in [0.2, 0.25) is 0 Å². The van der Waals surface area contributed by atoms with Crippen LogP contribution in [0.4, 0.5) is 0 Å². The maximum Gasteiger partial charge on any atom is 0.0701 e. The van der Waals surface area contributed by atoms with Gasteiger partial charge in [-0.1, -0.05) is 0 Å². The van der Waals surface area contributed by atoms with Gasteiger partial charge in [-0.2, -0.15) is 0 Å². The minimum Gasteiger partial charge on any atom is -0.383 e. The second-order valence-electron chi connectivity index (χ2n) is 4.25. The number of halogens is 1. The molecule has 1 aromatic heterocycles. The molecule has 92 valence electrons. The molecule has 0 saturated carbocycles. The molecular weight excluding hydrogens is 288 g/mol. The third-order valence-corrected chi connectivity index (χ3v) is 4.41. The number of rotatable bonds is 6. The number of methoxy groups -OCH3 is 1. The van der Waals surface area contributed by atoms with Crippen molar-refractivity contribution in [2.24, 2.45) is 5.73 Å². The lowest BCUT2D eigenvalue weighted by atomic mass is 10.0. The van der Waals surface area contributed by atoms with Crippen molar-refractivity contribution in [1.29, 1.82) is 0 Å². The van der Waals surface area contributed by atoms with Gasteiger partial charge in [-0.3, -0.25) is 4.90 Å². The topological polar surface area (TPSA) is 38.5 Å². The van der Waals surface area contributed by atoms with Crippen LogP contribution in [0.25, 0.3) is 0 Å². The van der Waals surface area contributed by atoms with Gasteiger partial charge >= 0.3 is 0 Å². The molecule has 0 saturated heterocycles. The molecule has 1 unspecified atom stereocenters. The fourth-order valence-electron chi connectivity index (χ4n) is 1.53. The van der Waals surface area contributed by atoms with Gasteiger partial charge in [0.05, 0.1) is 15.9 Å². The van der Waals surface area contributed by atoms with E-state index in [1.165, 1.54) is 5.56 Å². The summed E-state index contributed by atoms with van der Waals surface area (Å²) in [5, 5.41) is 2.16. The summed E-state index contributed by atoms with van der Waals surface area (Å²) in [6.07, 6.45) is 0. The Kier molecular flexibility index (Phi) is 5.40. The maximum absolute atomic E-state index is 5.82. The summed E-state index contributed by atoms with van der Waals surface area (Å²) in [7, 11) is 3.79. The average Bonchev–Trinajstić information content (AvgIpc) is 2.64. The molecule has 2 N–H and O–H groups in total. The molecule has 0 radical (unpaired) electrons. The summed E-state index contributed by atoms with van der Waals surface area (Å²) in [5.41, 5.74) is 7.02. The normalized spacial score (nSPS) is 15.4. The fraction of sp³-hybridized carbons (Fsp3) is 0.636. The van der Waals surface area contributed by atoms with Crippen LogP contribution in [0, 0.1) is 0 Å². The monoisotopic (exact) mass is 306 g/mol. The molecule has 0 amide bonds. The Hall–Kier alpha value is 0.0600. The number of hydrogen-bond donors (Lipinski definition) is 1. The first-order chi connectivity index (χ1) is 7.51. The number of nitrogens with zero attached hydrogens (tertiary/aromatic N) is 1. The third-order valence-electron chi connectivity index (χ3n) is 2.86. The molecule has 1 aromatic rings. The van der Waals surface area contributed by atoms with Crippen LogP contribution in [-0.2, 0) is 11.3 Å². The van der Waals surface area contributed by atoms with Crippen LogP contribution < -0.4 is 5.73 Å². The van der Waals surface area contributed by atoms with Crippen molar-refractivity contribution < 1.29 is 4.74 Å². The zero-order valence-electron chi connectivity index (χ0n) is 10.00. The van der Waals surface area contributed by atoms with E-state index in [4.69, 9.17) is 10.5 Å². The van der Waals surface area contributed by atoms with Crippen LogP contribution in [0.5, 0.6) is 0 Å². The van der Waals surface area contributed by atoms with E-state index in [0.29, 0.717) is 13.2 Å². The van der Waals surface area contributed by atoms with Gasteiger partial charge in [-0.25, -0.2) is 0 Å². The molecule has 0 fully saturated rings. The molecular formula is C11H19BrN2OS. The number of nitrogens with two attached hydrogens (primary N) is 1. The second-order valence-corrected chi connectivity index (χ2v) is 6.54. The molecule has 0 spiro atoms. The van der Waals surface area contributed by atoms with Crippen molar-refractivity contribution in [2.45, 2.75) is 19.0 Å². The smallest absolute Gasteiger partial charge is 0.0701 e. The standard InChI is InChI=1S/C11H19BrN2OS/c1-11(7-13,8-15-3)14(2)5-9-4-10(12)16-6-9/h4,6H,5,7-8,13H2,1-3H3. The Bertz CT molecular complexity index is 332. The van der Waals surface area contributed by atoms with Gasteiger partial charge in [-0.05, 0) is 46.9 Å². The quantitative estimate of drug-likeness (QED) is 0.876. The minimum absolute atomic E-state index is 0.108. The van der Waals surface area contributed by atoms with Crippen LogP contribution in [0.1, 0.15) is 12.5 Å². The largest absolute Gasteiger partial charge is 0.383 e. The SMILES string of the molecule is COCC(C)(CN)N(C)Cc1csc(Br)c1. The van der Waals surface area contributed by atoms with E-state index in [1.807, 2.05) is 0 Å². The minimum atomic E-state index is -0.108. The van der Waals surface area contributed by atoms with Gasteiger partial charge < -0.3 is 10.5 Å². The van der Waals surface area contributed by atoms with E-state index in [2.05, 4.69) is 46.2 Å². The van der Waals surface area contributed by atoms with E-state index in [1.54, 1.807) is 18.4 Å². The zero-order valence-corrected chi connectivity index (χ0v) is 12.4. The van der Waals surface area contributed by atoms with Gasteiger partial charge in [0.2, 0.25) is 0 Å². The fourth-order valence-corrected chi connectivity index (χ4v) is 2.73.